The lowest BCUT2D eigenvalue weighted by Crippen LogP contribution is -2.15. The maximum Gasteiger partial charge on any atom is 0.236 e. The standard InChI is InChI=1S/C18H20ClN5OS2/c1-10(2)24-17(14-8-26-12(4)11(14)3)22-23-18(24)27-9-16(25)21-15-6-5-13(19)7-20-15/h5-8,10H,9H2,1-4H3,(H,20,21,25). The Labute approximate surface area is 171 Å². The molecule has 0 aliphatic rings. The molecule has 0 spiro atoms. The molecule has 3 aromatic rings. The Morgan fingerprint density at radius 2 is 2.11 bits per heavy atom. The number of aryl methyl sites for hydroxylation is 1. The molecule has 0 aliphatic carbocycles. The molecule has 0 atom stereocenters. The molecule has 0 bridgehead atoms. The van der Waals surface area contributed by atoms with E-state index in [0.717, 1.165) is 16.5 Å². The Bertz CT molecular complexity index is 949. The number of carbonyl (C=O) groups is 1. The van der Waals surface area contributed by atoms with Crippen LogP contribution in [0.4, 0.5) is 5.82 Å². The number of thioether (sulfide) groups is 1. The SMILES string of the molecule is Cc1scc(-c2nnc(SCC(=O)Nc3ccc(Cl)cn3)n2C(C)C)c1C. The Morgan fingerprint density at radius 1 is 1.33 bits per heavy atom. The van der Waals surface area contributed by atoms with E-state index in [9.17, 15) is 4.79 Å². The molecule has 0 unspecified atom stereocenters. The topological polar surface area (TPSA) is 72.7 Å². The fraction of sp³-hybridized carbons (Fsp3) is 0.333. The lowest BCUT2D eigenvalue weighted by atomic mass is 10.1. The Hall–Kier alpha value is -1.90. The maximum absolute atomic E-state index is 12.2. The molecule has 1 amide bonds. The third-order valence-electron chi connectivity index (χ3n) is 4.03. The molecule has 1 N–H and O–H groups in total. The quantitative estimate of drug-likeness (QED) is 0.568. The summed E-state index contributed by atoms with van der Waals surface area (Å²) in [6.45, 7) is 8.37. The number of pyridine rings is 1. The van der Waals surface area contributed by atoms with Gasteiger partial charge in [0.05, 0.1) is 10.8 Å². The van der Waals surface area contributed by atoms with Crippen molar-refractivity contribution in [3.8, 4) is 11.4 Å². The molecule has 3 aromatic heterocycles. The average Bonchev–Trinajstić information content (AvgIpc) is 3.19. The van der Waals surface area contributed by atoms with Crippen molar-refractivity contribution in [3.05, 3.63) is 39.2 Å². The minimum absolute atomic E-state index is 0.155. The van der Waals surface area contributed by atoms with Crippen LogP contribution in [0.15, 0.2) is 28.9 Å². The van der Waals surface area contributed by atoms with Gasteiger partial charge in [0, 0.05) is 28.1 Å². The highest BCUT2D eigenvalue weighted by Crippen LogP contribution is 2.33. The summed E-state index contributed by atoms with van der Waals surface area (Å²) in [5.41, 5.74) is 2.32. The smallest absolute Gasteiger partial charge is 0.236 e. The highest BCUT2D eigenvalue weighted by Gasteiger charge is 2.20. The van der Waals surface area contributed by atoms with Gasteiger partial charge in [-0.3, -0.25) is 9.36 Å². The Kier molecular flexibility index (Phi) is 6.18. The number of nitrogens with zero attached hydrogens (tertiary/aromatic N) is 4. The average molecular weight is 422 g/mol. The van der Waals surface area contributed by atoms with Crippen LogP contribution in [0, 0.1) is 13.8 Å². The second kappa shape index (κ2) is 8.41. The predicted molar refractivity (Wildman–Crippen MR) is 112 cm³/mol. The Balaban J connectivity index is 1.74. The van der Waals surface area contributed by atoms with Crippen LogP contribution in [0.5, 0.6) is 0 Å². The van der Waals surface area contributed by atoms with E-state index in [4.69, 9.17) is 11.6 Å². The second-order valence-electron chi connectivity index (χ2n) is 6.30. The number of thiophene rings is 1. The molecule has 142 valence electrons. The number of hydrogen-bond donors (Lipinski definition) is 1. The Morgan fingerprint density at radius 3 is 2.70 bits per heavy atom. The van der Waals surface area contributed by atoms with E-state index in [1.807, 2.05) is 0 Å². The van der Waals surface area contributed by atoms with E-state index in [1.54, 1.807) is 23.5 Å². The van der Waals surface area contributed by atoms with Gasteiger partial charge >= 0.3 is 0 Å². The van der Waals surface area contributed by atoms with Gasteiger partial charge in [-0.15, -0.1) is 21.5 Å². The third kappa shape index (κ3) is 4.51. The summed E-state index contributed by atoms with van der Waals surface area (Å²) in [6.07, 6.45) is 1.50. The lowest BCUT2D eigenvalue weighted by molar-refractivity contribution is -0.113. The summed E-state index contributed by atoms with van der Waals surface area (Å²) in [4.78, 5) is 17.6. The highest BCUT2D eigenvalue weighted by atomic mass is 35.5. The molecule has 0 aliphatic heterocycles. The number of halogens is 1. The van der Waals surface area contributed by atoms with Crippen LogP contribution in [-0.4, -0.2) is 31.4 Å². The van der Waals surface area contributed by atoms with Crippen LogP contribution in [0.1, 0.15) is 30.3 Å². The van der Waals surface area contributed by atoms with Crippen molar-refractivity contribution in [2.45, 2.75) is 38.9 Å². The van der Waals surface area contributed by atoms with Crippen LogP contribution in [-0.2, 0) is 4.79 Å². The van der Waals surface area contributed by atoms with Gasteiger partial charge in [-0.2, -0.15) is 0 Å². The largest absolute Gasteiger partial charge is 0.310 e. The minimum Gasteiger partial charge on any atom is -0.310 e. The highest BCUT2D eigenvalue weighted by molar-refractivity contribution is 7.99. The minimum atomic E-state index is -0.155. The number of anilines is 1. The molecule has 27 heavy (non-hydrogen) atoms. The van der Waals surface area contributed by atoms with Crippen LogP contribution in [0.2, 0.25) is 5.02 Å². The van der Waals surface area contributed by atoms with Gasteiger partial charge in [0.15, 0.2) is 11.0 Å². The predicted octanol–water partition coefficient (Wildman–Crippen LogP) is 4.98. The van der Waals surface area contributed by atoms with Gasteiger partial charge in [-0.1, -0.05) is 23.4 Å². The summed E-state index contributed by atoms with van der Waals surface area (Å²) >= 11 is 8.87. The van der Waals surface area contributed by atoms with Gasteiger partial charge in [0.25, 0.3) is 0 Å². The summed E-state index contributed by atoms with van der Waals surface area (Å²) in [5, 5.41) is 14.8. The molecular weight excluding hydrogens is 402 g/mol. The van der Waals surface area contributed by atoms with E-state index in [0.29, 0.717) is 10.8 Å². The van der Waals surface area contributed by atoms with Crippen LogP contribution in [0.25, 0.3) is 11.4 Å². The lowest BCUT2D eigenvalue weighted by Gasteiger charge is -2.13. The fourth-order valence-corrected chi connectivity index (χ4v) is 4.36. The molecule has 0 fully saturated rings. The first kappa shape index (κ1) is 19.9. The van der Waals surface area contributed by atoms with E-state index < -0.39 is 0 Å². The molecule has 6 nitrogen and oxygen atoms in total. The van der Waals surface area contributed by atoms with Crippen molar-refractivity contribution in [1.29, 1.82) is 0 Å². The second-order valence-corrected chi connectivity index (χ2v) is 8.76. The summed E-state index contributed by atoms with van der Waals surface area (Å²) in [7, 11) is 0. The van der Waals surface area contributed by atoms with Crippen LogP contribution in [0.3, 0.4) is 0 Å². The molecule has 3 rings (SSSR count). The zero-order chi connectivity index (χ0) is 19.6. The number of nitrogens with one attached hydrogen (secondary N) is 1. The van der Waals surface area contributed by atoms with E-state index in [2.05, 4.69) is 58.1 Å². The molecule has 9 heteroatoms. The van der Waals surface area contributed by atoms with Crippen LogP contribution >= 0.6 is 34.7 Å². The maximum atomic E-state index is 12.2. The van der Waals surface area contributed by atoms with Crippen molar-refractivity contribution >= 4 is 46.4 Å². The number of carbonyl (C=O) groups excluding carboxylic acids is 1. The number of hydrogen-bond acceptors (Lipinski definition) is 6. The summed E-state index contributed by atoms with van der Waals surface area (Å²) in [6, 6.07) is 3.53. The molecule has 0 aromatic carbocycles. The molecule has 0 saturated carbocycles. The van der Waals surface area contributed by atoms with Crippen molar-refractivity contribution < 1.29 is 4.79 Å². The summed E-state index contributed by atoms with van der Waals surface area (Å²) in [5.74, 6) is 1.38. The zero-order valence-corrected chi connectivity index (χ0v) is 17.9. The fourth-order valence-electron chi connectivity index (χ4n) is 2.52. The van der Waals surface area contributed by atoms with E-state index >= 15 is 0 Å². The van der Waals surface area contributed by atoms with Gasteiger partial charge in [-0.05, 0) is 45.4 Å². The molecule has 3 heterocycles. The summed E-state index contributed by atoms with van der Waals surface area (Å²) < 4.78 is 2.08. The van der Waals surface area contributed by atoms with E-state index in [1.165, 1.54) is 28.4 Å². The molecular formula is C18H20ClN5OS2. The normalized spacial score (nSPS) is 11.2. The van der Waals surface area contributed by atoms with Gasteiger partial charge in [0.1, 0.15) is 5.82 Å². The molecule has 0 saturated heterocycles. The first-order chi connectivity index (χ1) is 12.9. The number of aromatic nitrogens is 4. The van der Waals surface area contributed by atoms with Crippen molar-refractivity contribution in [2.24, 2.45) is 0 Å². The third-order valence-corrected chi connectivity index (χ3v) is 6.21. The first-order valence-corrected chi connectivity index (χ1v) is 10.6. The number of rotatable bonds is 6. The van der Waals surface area contributed by atoms with Crippen molar-refractivity contribution in [2.75, 3.05) is 11.1 Å². The van der Waals surface area contributed by atoms with Gasteiger partial charge < -0.3 is 5.32 Å². The zero-order valence-electron chi connectivity index (χ0n) is 15.5. The number of amides is 1. The van der Waals surface area contributed by atoms with Gasteiger partial charge in [0.2, 0.25) is 5.91 Å². The molecule has 0 radical (unpaired) electrons. The van der Waals surface area contributed by atoms with Gasteiger partial charge in [-0.25, -0.2) is 4.98 Å². The first-order valence-electron chi connectivity index (χ1n) is 8.41. The van der Waals surface area contributed by atoms with Crippen molar-refractivity contribution in [3.63, 3.8) is 0 Å². The van der Waals surface area contributed by atoms with E-state index in [-0.39, 0.29) is 17.7 Å². The van der Waals surface area contributed by atoms with Crippen LogP contribution < -0.4 is 5.32 Å². The van der Waals surface area contributed by atoms with Crippen molar-refractivity contribution in [1.82, 2.24) is 19.7 Å². The monoisotopic (exact) mass is 421 g/mol.